The zero-order valence-corrected chi connectivity index (χ0v) is 70.0. The number of ether oxygens (including phenoxy) is 3. The van der Waals surface area contributed by atoms with E-state index in [2.05, 4.69) is 394 Å². The highest BCUT2D eigenvalue weighted by Crippen LogP contribution is 2.47. The van der Waals surface area contributed by atoms with E-state index >= 15 is 0 Å². The quantitative estimate of drug-likeness (QED) is 0.0183. The van der Waals surface area contributed by atoms with E-state index in [1.165, 1.54) is 101 Å². The van der Waals surface area contributed by atoms with E-state index in [0.29, 0.717) is 24.0 Å². The Morgan fingerprint density at radius 1 is 0.374 bits per heavy atom. The molecule has 0 bridgehead atoms. The van der Waals surface area contributed by atoms with Crippen LogP contribution >= 0.6 is 27.5 Å². The zero-order valence-electron chi connectivity index (χ0n) is 67.6. The average Bonchev–Trinajstić information content (AvgIpc) is 1.14. The summed E-state index contributed by atoms with van der Waals surface area (Å²) in [6.45, 7) is 29.5. The topological polar surface area (TPSA) is 97.8 Å². The van der Waals surface area contributed by atoms with Gasteiger partial charge in [0.2, 0.25) is 0 Å². The molecular formula is C106H108BrClO7. The number of allylic oxidation sites excluding steroid dienone is 1. The highest BCUT2D eigenvalue weighted by atomic mass is 79.9. The second-order valence-electron chi connectivity index (χ2n) is 29.5. The Kier molecular flexibility index (Phi) is 33.0. The van der Waals surface area contributed by atoms with Gasteiger partial charge in [0, 0.05) is 97.0 Å². The van der Waals surface area contributed by atoms with Gasteiger partial charge in [0.05, 0.1) is 12.2 Å². The highest BCUT2D eigenvalue weighted by Gasteiger charge is 2.30. The van der Waals surface area contributed by atoms with Gasteiger partial charge in [0.1, 0.15) is 36.6 Å². The number of carbonyl (C=O) groups is 1. The van der Waals surface area contributed by atoms with Crippen molar-refractivity contribution in [3.63, 3.8) is 0 Å². The molecule has 13 aromatic rings. The largest absolute Gasteiger partial charge is 0.507 e. The number of hydrogen-bond acceptors (Lipinski definition) is 7. The van der Waals surface area contributed by atoms with Crippen LogP contribution in [0.4, 0.5) is 0 Å². The normalized spacial score (nSPS) is 14.2. The maximum Gasteiger partial charge on any atom is 0.372 e. The average molecular weight is 1610 g/mol. The van der Waals surface area contributed by atoms with Gasteiger partial charge in [-0.2, -0.15) is 5.26 Å². The molecule has 0 saturated carbocycles. The number of aromatic hydroxyl groups is 1. The first-order valence-corrected chi connectivity index (χ1v) is 41.4. The molecule has 1 saturated heterocycles. The Morgan fingerprint density at radius 3 is 0.852 bits per heavy atom. The van der Waals surface area contributed by atoms with Gasteiger partial charge in [-0.15, -0.1) is 6.58 Å². The van der Waals surface area contributed by atoms with Crippen LogP contribution in [0.2, 0.25) is 5.02 Å². The molecular weight excluding hydrogens is 1500 g/mol. The Labute approximate surface area is 696 Å². The molecule has 115 heavy (non-hydrogen) atoms. The van der Waals surface area contributed by atoms with Crippen LogP contribution in [0, 0.1) is 0 Å². The van der Waals surface area contributed by atoms with Crippen LogP contribution in [0.3, 0.4) is 0 Å². The van der Waals surface area contributed by atoms with E-state index in [-0.39, 0.29) is 64.9 Å². The molecule has 1 fully saturated rings. The molecule has 2 N–H and O–H groups in total. The van der Waals surface area contributed by atoms with Gasteiger partial charge in [-0.25, -0.2) is 4.79 Å². The minimum atomic E-state index is -0.813. The van der Waals surface area contributed by atoms with Gasteiger partial charge < -0.3 is 19.3 Å². The molecule has 10 unspecified atom stereocenters. The second-order valence-corrected chi connectivity index (χ2v) is 30.6. The SMILES string of the molecule is C=CCBr.C=CCOc1c(C(C)c2ccccc2)cc(C(C)c2ccccc2)cc1C(C)c1ccccc1.CC(c1ccccc1)c1cc(C(C)c2ccccc2)c(O)c(C(C)c2ccccc2)c1.CC(c1ccccc1)c1cc(C(C)c2ccccc2)c(OCC2CO2)c(C(C)c2ccccc2)c1.O=C(OO)c1cccc(Cl)c1. The van der Waals surface area contributed by atoms with Gasteiger partial charge in [-0.1, -0.05) is 424 Å². The number of hydrogen-bond donors (Lipinski definition) is 2. The third-order valence-corrected chi connectivity index (χ3v) is 22.6. The van der Waals surface area contributed by atoms with E-state index in [1.807, 2.05) is 18.2 Å². The molecule has 0 spiro atoms. The molecule has 14 rings (SSSR count). The van der Waals surface area contributed by atoms with Gasteiger partial charge in [0.25, 0.3) is 0 Å². The van der Waals surface area contributed by atoms with Crippen molar-refractivity contribution in [3.05, 3.63) is 470 Å². The second kappa shape index (κ2) is 44.0. The number of halogens is 2. The van der Waals surface area contributed by atoms with Crippen LogP contribution < -0.4 is 9.47 Å². The number of epoxide rings is 1. The van der Waals surface area contributed by atoms with E-state index < -0.39 is 5.97 Å². The predicted molar refractivity (Wildman–Crippen MR) is 481 cm³/mol. The van der Waals surface area contributed by atoms with Crippen molar-refractivity contribution in [2.75, 3.05) is 25.2 Å². The number of benzene rings is 13. The maximum absolute atomic E-state index is 11.4. The van der Waals surface area contributed by atoms with Crippen LogP contribution in [0.1, 0.15) is 226 Å². The first kappa shape index (κ1) is 86.3. The van der Waals surface area contributed by atoms with Crippen molar-refractivity contribution in [2.45, 2.75) is 122 Å². The standard InChI is InChI=1S/C33H34O2.C33H34O.C30H30O.C7H5ClO3.C3H5Br/c1-23(26-13-7-4-8-14-26)29-19-31(24(2)27-15-9-5-10-16-27)33(35-22-30-21-34-30)32(20-29)25(3)28-17-11-6-12-18-28;1-5-21-34-33-31(25(3)28-17-11-7-12-18-28)22-30(24(2)27-15-9-6-10-16-27)23-32(33)26(4)29-19-13-8-14-20-29;1-21(24-13-7-4-8-14-24)27-19-28(22(2)25-15-9-5-10-16-25)30(31)29(20-27)23(3)26-17-11-6-12-18-26;8-6-3-1-2-5(4-6)7(9)11-10;1-2-3-4/h4-20,23-25,30H,21-22H2,1-3H3;5-20,22-26H,1,21H2,2-4H3;4-23,31H,1-3H3;1-4,10H;2H,1,3H2. The fourth-order valence-electron chi connectivity index (χ4n) is 14.6. The summed E-state index contributed by atoms with van der Waals surface area (Å²) < 4.78 is 18.5. The third-order valence-electron chi connectivity index (χ3n) is 21.9. The smallest absolute Gasteiger partial charge is 0.372 e. The Bertz CT molecular complexity index is 4910. The summed E-state index contributed by atoms with van der Waals surface area (Å²) in [6.07, 6.45) is 3.83. The van der Waals surface area contributed by atoms with E-state index in [1.54, 1.807) is 18.2 Å². The molecule has 0 amide bonds. The number of phenols is 1. The van der Waals surface area contributed by atoms with E-state index in [9.17, 15) is 9.90 Å². The van der Waals surface area contributed by atoms with Crippen LogP contribution in [0.5, 0.6) is 17.2 Å². The summed E-state index contributed by atoms with van der Waals surface area (Å²) in [5.74, 6) is 3.40. The Morgan fingerprint density at radius 2 is 0.617 bits per heavy atom. The summed E-state index contributed by atoms with van der Waals surface area (Å²) in [6, 6.07) is 116. The maximum atomic E-state index is 11.4. The van der Waals surface area contributed by atoms with E-state index in [4.69, 9.17) is 31.1 Å². The lowest BCUT2D eigenvalue weighted by Gasteiger charge is -2.26. The highest BCUT2D eigenvalue weighted by molar-refractivity contribution is 9.09. The molecule has 1 aliphatic rings. The zero-order chi connectivity index (χ0) is 81.6. The molecule has 0 radical (unpaired) electrons. The lowest BCUT2D eigenvalue weighted by Crippen LogP contribution is -2.13. The third kappa shape index (κ3) is 23.8. The van der Waals surface area contributed by atoms with Crippen molar-refractivity contribution in [1.29, 1.82) is 0 Å². The minimum Gasteiger partial charge on any atom is -0.507 e. The summed E-state index contributed by atoms with van der Waals surface area (Å²) in [7, 11) is 0. The summed E-state index contributed by atoms with van der Waals surface area (Å²) in [4.78, 5) is 14.1. The van der Waals surface area contributed by atoms with Gasteiger partial charge in [0.15, 0.2) is 0 Å². The van der Waals surface area contributed by atoms with Crippen LogP contribution in [-0.4, -0.2) is 47.6 Å². The summed E-state index contributed by atoms with van der Waals surface area (Å²) in [5, 5.41) is 20.7. The molecule has 1 heterocycles. The number of rotatable bonds is 26. The predicted octanol–water partition coefficient (Wildman–Crippen LogP) is 28.0. The molecule has 7 nitrogen and oxygen atoms in total. The Hall–Kier alpha value is -11.1. The summed E-state index contributed by atoms with van der Waals surface area (Å²) in [5.41, 5.74) is 22.5. The first-order valence-electron chi connectivity index (χ1n) is 39.9. The fraction of sp³-hybridized carbons (Fsp3) is 0.217. The van der Waals surface area contributed by atoms with Crippen molar-refractivity contribution in [3.8, 4) is 17.2 Å². The number of carbonyl (C=O) groups excluding carboxylic acids is 1. The molecule has 10 atom stereocenters. The van der Waals surface area contributed by atoms with Crippen molar-refractivity contribution in [2.24, 2.45) is 0 Å². The fourth-order valence-corrected chi connectivity index (χ4v) is 14.8. The van der Waals surface area contributed by atoms with Crippen molar-refractivity contribution >= 4 is 33.5 Å². The first-order chi connectivity index (χ1) is 55.9. The van der Waals surface area contributed by atoms with Gasteiger partial charge >= 0.3 is 5.97 Å². The van der Waals surface area contributed by atoms with Crippen LogP contribution in [-0.2, 0) is 9.62 Å². The molecule has 1 aliphatic heterocycles. The van der Waals surface area contributed by atoms with E-state index in [0.717, 1.165) is 34.6 Å². The lowest BCUT2D eigenvalue weighted by atomic mass is 9.81. The van der Waals surface area contributed by atoms with Crippen LogP contribution in [0.25, 0.3) is 0 Å². The lowest BCUT2D eigenvalue weighted by molar-refractivity contribution is -0.182. The molecule has 0 aromatic heterocycles. The molecule has 13 aromatic carbocycles. The monoisotopic (exact) mass is 1610 g/mol. The molecule has 588 valence electrons. The van der Waals surface area contributed by atoms with Gasteiger partial charge in [-0.3, -0.25) is 4.89 Å². The van der Waals surface area contributed by atoms with Crippen LogP contribution in [0.15, 0.2) is 359 Å². The van der Waals surface area contributed by atoms with Crippen molar-refractivity contribution < 1.29 is 34.3 Å². The molecule has 0 aliphatic carbocycles. The van der Waals surface area contributed by atoms with Gasteiger partial charge in [-0.05, 0) is 85.0 Å². The summed E-state index contributed by atoms with van der Waals surface area (Å²) >= 11 is 8.69. The van der Waals surface area contributed by atoms with Crippen molar-refractivity contribution in [1.82, 2.24) is 0 Å². The number of phenolic OH excluding ortho intramolecular Hbond substituents is 1. The minimum absolute atomic E-state index is 0.103. The Balaban J connectivity index is 0.000000167. The number of alkyl halides is 1. The molecule has 9 heteroatoms.